The molecule has 25 heavy (non-hydrogen) atoms. The molecule has 1 fully saturated rings. The minimum Gasteiger partial charge on any atom is -0.352 e. The van der Waals surface area contributed by atoms with E-state index >= 15 is 0 Å². The van der Waals surface area contributed by atoms with Gasteiger partial charge in [-0.2, -0.15) is 4.31 Å². The van der Waals surface area contributed by atoms with Crippen molar-refractivity contribution in [2.75, 3.05) is 26.2 Å². The molecule has 1 aromatic rings. The maximum atomic E-state index is 12.9. The predicted molar refractivity (Wildman–Crippen MR) is 102 cm³/mol. The quantitative estimate of drug-likeness (QED) is 0.777. The summed E-state index contributed by atoms with van der Waals surface area (Å²) < 4.78 is 27.3. The van der Waals surface area contributed by atoms with E-state index in [2.05, 4.69) is 5.32 Å². The molecule has 0 spiro atoms. The molecule has 2 rings (SSSR count). The molecular formula is C17H28ClN3O3S. The first-order valence-electron chi connectivity index (χ1n) is 8.45. The van der Waals surface area contributed by atoms with Gasteiger partial charge in [0.1, 0.15) is 0 Å². The maximum Gasteiger partial charge on any atom is 0.251 e. The predicted octanol–water partition coefficient (Wildman–Crippen LogP) is 1.92. The van der Waals surface area contributed by atoms with E-state index in [-0.39, 0.29) is 29.1 Å². The number of nitrogens with two attached hydrogens (primary N) is 1. The van der Waals surface area contributed by atoms with E-state index in [1.807, 2.05) is 6.92 Å². The summed E-state index contributed by atoms with van der Waals surface area (Å²) in [6, 6.07) is 4.84. The average Bonchev–Trinajstić information content (AvgIpc) is 2.60. The van der Waals surface area contributed by atoms with Crippen molar-refractivity contribution in [2.45, 2.75) is 38.0 Å². The number of hydrogen-bond donors (Lipinski definition) is 2. The van der Waals surface area contributed by atoms with Gasteiger partial charge in [0.05, 0.1) is 4.90 Å². The van der Waals surface area contributed by atoms with Gasteiger partial charge in [-0.05, 0) is 49.9 Å². The second-order valence-corrected chi connectivity index (χ2v) is 8.40. The Morgan fingerprint density at radius 1 is 1.28 bits per heavy atom. The number of aryl methyl sites for hydroxylation is 1. The number of carbonyl (C=O) groups is 1. The van der Waals surface area contributed by atoms with Crippen molar-refractivity contribution in [3.05, 3.63) is 29.3 Å². The third-order valence-electron chi connectivity index (χ3n) is 4.40. The molecule has 1 unspecified atom stereocenters. The summed E-state index contributed by atoms with van der Waals surface area (Å²) in [6.07, 6.45) is 2.83. The van der Waals surface area contributed by atoms with Gasteiger partial charge < -0.3 is 11.1 Å². The fraction of sp³-hybridized carbons (Fsp3) is 0.588. The van der Waals surface area contributed by atoms with E-state index in [1.54, 1.807) is 19.1 Å². The lowest BCUT2D eigenvalue weighted by Crippen LogP contribution is -2.36. The number of nitrogens with one attached hydrogen (secondary N) is 1. The standard InChI is InChI=1S/C17H27N3O3S.ClH/c1-13(11-18)12-19-17(21)15-7-6-14(2)16(10-15)24(22,23)20-8-4-3-5-9-20;/h6-7,10,13H,3-5,8-9,11-12,18H2,1-2H3,(H,19,21);1H. The first-order valence-corrected chi connectivity index (χ1v) is 9.89. The van der Waals surface area contributed by atoms with Gasteiger partial charge in [0, 0.05) is 25.2 Å². The zero-order valence-electron chi connectivity index (χ0n) is 14.8. The molecule has 0 radical (unpaired) electrons. The molecule has 142 valence electrons. The minimum atomic E-state index is -3.55. The number of amides is 1. The van der Waals surface area contributed by atoms with Crippen molar-refractivity contribution in [2.24, 2.45) is 11.7 Å². The Balaban J connectivity index is 0.00000312. The van der Waals surface area contributed by atoms with Crippen LogP contribution >= 0.6 is 12.4 Å². The SMILES string of the molecule is Cc1ccc(C(=O)NCC(C)CN)cc1S(=O)(=O)N1CCCCC1.Cl. The molecule has 1 aromatic carbocycles. The van der Waals surface area contributed by atoms with Crippen LogP contribution < -0.4 is 11.1 Å². The highest BCUT2D eigenvalue weighted by Gasteiger charge is 2.28. The van der Waals surface area contributed by atoms with Gasteiger partial charge in [0.15, 0.2) is 0 Å². The van der Waals surface area contributed by atoms with Gasteiger partial charge in [-0.1, -0.05) is 19.4 Å². The van der Waals surface area contributed by atoms with Crippen LogP contribution in [0.1, 0.15) is 42.1 Å². The van der Waals surface area contributed by atoms with Crippen LogP contribution in [0.15, 0.2) is 23.1 Å². The smallest absolute Gasteiger partial charge is 0.251 e. The summed E-state index contributed by atoms with van der Waals surface area (Å²) in [5.74, 6) is -0.0960. The Hall–Kier alpha value is -1.15. The molecular weight excluding hydrogens is 362 g/mol. The van der Waals surface area contributed by atoms with E-state index < -0.39 is 10.0 Å². The molecule has 6 nitrogen and oxygen atoms in total. The normalized spacial score (nSPS) is 16.8. The van der Waals surface area contributed by atoms with Gasteiger partial charge in [-0.25, -0.2) is 8.42 Å². The highest BCUT2D eigenvalue weighted by Crippen LogP contribution is 2.24. The molecule has 1 saturated heterocycles. The molecule has 0 bridgehead atoms. The summed E-state index contributed by atoms with van der Waals surface area (Å²) >= 11 is 0. The van der Waals surface area contributed by atoms with Crippen LogP contribution in [0, 0.1) is 12.8 Å². The van der Waals surface area contributed by atoms with Crippen molar-refractivity contribution < 1.29 is 13.2 Å². The zero-order chi connectivity index (χ0) is 17.7. The van der Waals surface area contributed by atoms with Crippen molar-refractivity contribution in [3.63, 3.8) is 0 Å². The number of sulfonamides is 1. The monoisotopic (exact) mass is 389 g/mol. The molecule has 1 heterocycles. The van der Waals surface area contributed by atoms with E-state index in [4.69, 9.17) is 5.73 Å². The maximum absolute atomic E-state index is 12.9. The Morgan fingerprint density at radius 3 is 2.52 bits per heavy atom. The number of halogens is 1. The second-order valence-electron chi connectivity index (χ2n) is 6.50. The van der Waals surface area contributed by atoms with Crippen LogP contribution in [0.3, 0.4) is 0 Å². The highest BCUT2D eigenvalue weighted by molar-refractivity contribution is 7.89. The lowest BCUT2D eigenvalue weighted by atomic mass is 10.1. The number of benzene rings is 1. The number of piperidine rings is 1. The number of hydrogen-bond acceptors (Lipinski definition) is 4. The summed E-state index contributed by atoms with van der Waals surface area (Å²) in [6.45, 7) is 5.76. The van der Waals surface area contributed by atoms with E-state index in [1.165, 1.54) is 10.4 Å². The Morgan fingerprint density at radius 2 is 1.92 bits per heavy atom. The molecule has 0 aliphatic carbocycles. The van der Waals surface area contributed by atoms with Crippen molar-refractivity contribution >= 4 is 28.3 Å². The molecule has 1 atom stereocenters. The Labute approximate surface area is 156 Å². The Bertz CT molecular complexity index is 688. The molecule has 0 aromatic heterocycles. The number of carbonyl (C=O) groups excluding carboxylic acids is 1. The van der Waals surface area contributed by atoms with Crippen LogP contribution in [-0.2, 0) is 10.0 Å². The topological polar surface area (TPSA) is 92.5 Å². The van der Waals surface area contributed by atoms with Gasteiger partial charge in [0.2, 0.25) is 10.0 Å². The Kier molecular flexibility index (Phi) is 8.34. The fourth-order valence-corrected chi connectivity index (χ4v) is 4.48. The van der Waals surface area contributed by atoms with Crippen LogP contribution in [0.4, 0.5) is 0 Å². The fourth-order valence-electron chi connectivity index (χ4n) is 2.72. The van der Waals surface area contributed by atoms with Crippen molar-refractivity contribution in [1.82, 2.24) is 9.62 Å². The van der Waals surface area contributed by atoms with E-state index in [9.17, 15) is 13.2 Å². The first kappa shape index (κ1) is 21.9. The van der Waals surface area contributed by atoms with Crippen LogP contribution in [-0.4, -0.2) is 44.8 Å². The summed E-state index contributed by atoms with van der Waals surface area (Å²) in [5, 5.41) is 2.80. The van der Waals surface area contributed by atoms with E-state index in [0.717, 1.165) is 19.3 Å². The molecule has 3 N–H and O–H groups in total. The second kappa shape index (κ2) is 9.52. The molecule has 1 amide bonds. The average molecular weight is 390 g/mol. The number of nitrogens with zero attached hydrogens (tertiary/aromatic N) is 1. The highest BCUT2D eigenvalue weighted by atomic mass is 35.5. The third-order valence-corrected chi connectivity index (χ3v) is 6.44. The van der Waals surface area contributed by atoms with E-state index in [0.29, 0.717) is 37.3 Å². The minimum absolute atomic E-state index is 0. The number of rotatable bonds is 6. The van der Waals surface area contributed by atoms with Gasteiger partial charge in [-0.15, -0.1) is 12.4 Å². The van der Waals surface area contributed by atoms with Crippen molar-refractivity contribution in [3.8, 4) is 0 Å². The molecule has 8 heteroatoms. The lowest BCUT2D eigenvalue weighted by Gasteiger charge is -2.26. The molecule has 1 aliphatic rings. The van der Waals surface area contributed by atoms with Crippen LogP contribution in [0.25, 0.3) is 0 Å². The lowest BCUT2D eigenvalue weighted by molar-refractivity contribution is 0.0948. The van der Waals surface area contributed by atoms with Crippen LogP contribution in [0.2, 0.25) is 0 Å². The summed E-state index contributed by atoms with van der Waals surface area (Å²) in [4.78, 5) is 12.5. The molecule has 0 saturated carbocycles. The van der Waals surface area contributed by atoms with Crippen molar-refractivity contribution in [1.29, 1.82) is 0 Å². The zero-order valence-corrected chi connectivity index (χ0v) is 16.5. The summed E-state index contributed by atoms with van der Waals surface area (Å²) in [7, 11) is -3.55. The van der Waals surface area contributed by atoms with Crippen LogP contribution in [0.5, 0.6) is 0 Å². The third kappa shape index (κ3) is 5.41. The largest absolute Gasteiger partial charge is 0.352 e. The van der Waals surface area contributed by atoms with Gasteiger partial charge in [-0.3, -0.25) is 4.79 Å². The van der Waals surface area contributed by atoms with Gasteiger partial charge >= 0.3 is 0 Å². The summed E-state index contributed by atoms with van der Waals surface area (Å²) in [5.41, 5.74) is 6.57. The first-order chi connectivity index (χ1) is 11.4. The molecule has 1 aliphatic heterocycles. The van der Waals surface area contributed by atoms with Gasteiger partial charge in [0.25, 0.3) is 5.91 Å².